The van der Waals surface area contributed by atoms with Gasteiger partial charge in [-0.05, 0) is 73.3 Å². The number of phenols is 1. The number of aromatic hydroxyl groups is 1. The highest BCUT2D eigenvalue weighted by molar-refractivity contribution is 9.11. The first-order valence-electron chi connectivity index (χ1n) is 6.53. The van der Waals surface area contributed by atoms with Crippen LogP contribution in [0.3, 0.4) is 0 Å². The number of benzene rings is 2. The van der Waals surface area contributed by atoms with E-state index in [0.717, 1.165) is 11.1 Å². The van der Waals surface area contributed by atoms with Crippen LogP contribution < -0.4 is 5.32 Å². The third-order valence-electron chi connectivity index (χ3n) is 3.45. The van der Waals surface area contributed by atoms with E-state index in [4.69, 9.17) is 23.2 Å². The van der Waals surface area contributed by atoms with Gasteiger partial charge >= 0.3 is 0 Å². The molecular formula is C16H9Br2Cl2NO2. The SMILES string of the molecule is O=C1Nc2cc(Cl)c(Cl)cc2C/C1=C\c1cc(Br)c(O)c(Br)c1. The van der Waals surface area contributed by atoms with Gasteiger partial charge in [0.25, 0.3) is 5.91 Å². The maximum atomic E-state index is 12.3. The van der Waals surface area contributed by atoms with Crippen molar-refractivity contribution in [3.8, 4) is 5.75 Å². The van der Waals surface area contributed by atoms with Crippen LogP contribution in [0.5, 0.6) is 5.75 Å². The van der Waals surface area contributed by atoms with Gasteiger partial charge in [0, 0.05) is 17.7 Å². The summed E-state index contributed by atoms with van der Waals surface area (Å²) in [6.45, 7) is 0. The molecule has 1 amide bonds. The lowest BCUT2D eigenvalue weighted by molar-refractivity contribution is -0.113. The monoisotopic (exact) mass is 475 g/mol. The molecule has 7 heteroatoms. The molecule has 0 radical (unpaired) electrons. The Morgan fingerprint density at radius 1 is 1.09 bits per heavy atom. The van der Waals surface area contributed by atoms with E-state index >= 15 is 0 Å². The van der Waals surface area contributed by atoms with Crippen molar-refractivity contribution in [1.29, 1.82) is 0 Å². The van der Waals surface area contributed by atoms with Crippen molar-refractivity contribution in [1.82, 2.24) is 0 Å². The zero-order valence-corrected chi connectivity index (χ0v) is 16.1. The molecule has 2 N–H and O–H groups in total. The first-order valence-corrected chi connectivity index (χ1v) is 8.87. The minimum Gasteiger partial charge on any atom is -0.506 e. The number of fused-ring (bicyclic) bond motifs is 1. The van der Waals surface area contributed by atoms with Gasteiger partial charge in [0.15, 0.2) is 0 Å². The van der Waals surface area contributed by atoms with E-state index < -0.39 is 0 Å². The van der Waals surface area contributed by atoms with Gasteiger partial charge in [-0.25, -0.2) is 0 Å². The van der Waals surface area contributed by atoms with Crippen molar-refractivity contribution in [2.75, 3.05) is 5.32 Å². The number of halogens is 4. The lowest BCUT2D eigenvalue weighted by Gasteiger charge is -2.20. The molecule has 0 atom stereocenters. The predicted molar refractivity (Wildman–Crippen MR) is 100 cm³/mol. The molecule has 0 fully saturated rings. The molecule has 2 aromatic rings. The maximum absolute atomic E-state index is 12.3. The second-order valence-electron chi connectivity index (χ2n) is 5.06. The topological polar surface area (TPSA) is 49.3 Å². The average Bonchev–Trinajstić information content (AvgIpc) is 2.48. The molecule has 0 spiro atoms. The number of anilines is 1. The molecule has 1 aliphatic rings. The maximum Gasteiger partial charge on any atom is 0.251 e. The van der Waals surface area contributed by atoms with E-state index in [-0.39, 0.29) is 11.7 Å². The molecule has 1 heterocycles. The molecule has 0 saturated carbocycles. The van der Waals surface area contributed by atoms with Crippen molar-refractivity contribution >= 4 is 72.7 Å². The van der Waals surface area contributed by atoms with E-state index in [0.29, 0.717) is 36.7 Å². The molecule has 3 rings (SSSR count). The summed E-state index contributed by atoms with van der Waals surface area (Å²) in [6.07, 6.45) is 2.23. The number of carbonyl (C=O) groups is 1. The van der Waals surface area contributed by atoms with Crippen LogP contribution in [0.4, 0.5) is 5.69 Å². The summed E-state index contributed by atoms with van der Waals surface area (Å²) in [5, 5.41) is 13.4. The Bertz CT molecular complexity index is 842. The van der Waals surface area contributed by atoms with Crippen LogP contribution in [-0.4, -0.2) is 11.0 Å². The zero-order chi connectivity index (χ0) is 16.7. The van der Waals surface area contributed by atoms with E-state index in [1.807, 2.05) is 0 Å². The van der Waals surface area contributed by atoms with Gasteiger partial charge in [0.1, 0.15) is 5.75 Å². The van der Waals surface area contributed by atoms with Gasteiger partial charge in [-0.15, -0.1) is 0 Å². The van der Waals surface area contributed by atoms with E-state index in [1.54, 1.807) is 30.3 Å². The Kier molecular flexibility index (Phi) is 4.74. The molecule has 3 nitrogen and oxygen atoms in total. The van der Waals surface area contributed by atoms with Gasteiger partial charge in [-0.2, -0.15) is 0 Å². The fraction of sp³-hybridized carbons (Fsp3) is 0.0625. The van der Waals surface area contributed by atoms with E-state index in [1.165, 1.54) is 0 Å². The predicted octanol–water partition coefficient (Wildman–Crippen LogP) is 5.80. The summed E-state index contributed by atoms with van der Waals surface area (Å²) in [4.78, 5) is 12.3. The normalized spacial score (nSPS) is 15.5. The van der Waals surface area contributed by atoms with Crippen molar-refractivity contribution < 1.29 is 9.90 Å². The van der Waals surface area contributed by atoms with Crippen LogP contribution in [0.1, 0.15) is 11.1 Å². The number of hydrogen-bond acceptors (Lipinski definition) is 2. The molecule has 2 aromatic carbocycles. The lowest BCUT2D eigenvalue weighted by atomic mass is 9.96. The van der Waals surface area contributed by atoms with Gasteiger partial charge in [0.05, 0.1) is 19.0 Å². The molecule has 0 bridgehead atoms. The first kappa shape index (κ1) is 16.8. The van der Waals surface area contributed by atoms with Crippen LogP contribution >= 0.6 is 55.1 Å². The summed E-state index contributed by atoms with van der Waals surface area (Å²) >= 11 is 18.6. The third kappa shape index (κ3) is 3.43. The quantitative estimate of drug-likeness (QED) is 0.510. The van der Waals surface area contributed by atoms with Crippen molar-refractivity contribution in [3.63, 3.8) is 0 Å². The Balaban J connectivity index is 2.01. The minimum atomic E-state index is -0.184. The fourth-order valence-corrected chi connectivity index (χ4v) is 3.90. The number of rotatable bonds is 1. The van der Waals surface area contributed by atoms with Crippen LogP contribution in [0.2, 0.25) is 10.0 Å². The summed E-state index contributed by atoms with van der Waals surface area (Å²) in [5.41, 5.74) is 2.97. The number of amides is 1. The molecule has 1 aliphatic heterocycles. The Morgan fingerprint density at radius 2 is 1.70 bits per heavy atom. The zero-order valence-electron chi connectivity index (χ0n) is 11.5. The van der Waals surface area contributed by atoms with Gasteiger partial charge < -0.3 is 10.4 Å². The molecular weight excluding hydrogens is 469 g/mol. The summed E-state index contributed by atoms with van der Waals surface area (Å²) in [5.74, 6) is -0.0665. The molecule has 0 aliphatic carbocycles. The molecule has 118 valence electrons. The minimum absolute atomic E-state index is 0.118. The number of phenolic OH excluding ortho intramolecular Hbond substituents is 1. The van der Waals surface area contributed by atoms with Crippen molar-refractivity contribution in [3.05, 3.63) is 60.0 Å². The highest BCUT2D eigenvalue weighted by Crippen LogP contribution is 2.36. The number of carbonyl (C=O) groups excluding carboxylic acids is 1. The second-order valence-corrected chi connectivity index (χ2v) is 7.58. The Labute approximate surface area is 159 Å². The second kappa shape index (κ2) is 6.48. The van der Waals surface area contributed by atoms with Crippen LogP contribution in [0, 0.1) is 0 Å². The Hall–Kier alpha value is -1.01. The molecule has 0 aromatic heterocycles. The van der Waals surface area contributed by atoms with Crippen LogP contribution in [-0.2, 0) is 11.2 Å². The highest BCUT2D eigenvalue weighted by Gasteiger charge is 2.21. The molecule has 23 heavy (non-hydrogen) atoms. The number of hydrogen-bond donors (Lipinski definition) is 2. The van der Waals surface area contributed by atoms with Gasteiger partial charge in [-0.3, -0.25) is 4.79 Å². The summed E-state index contributed by atoms with van der Waals surface area (Å²) in [7, 11) is 0. The Morgan fingerprint density at radius 3 is 2.35 bits per heavy atom. The third-order valence-corrected chi connectivity index (χ3v) is 5.38. The number of nitrogens with one attached hydrogen (secondary N) is 1. The summed E-state index contributed by atoms with van der Waals surface area (Å²) < 4.78 is 1.09. The van der Waals surface area contributed by atoms with Crippen LogP contribution in [0.25, 0.3) is 6.08 Å². The largest absolute Gasteiger partial charge is 0.506 e. The fourth-order valence-electron chi connectivity index (χ4n) is 2.32. The summed E-state index contributed by atoms with van der Waals surface area (Å²) in [6, 6.07) is 6.90. The van der Waals surface area contributed by atoms with E-state index in [9.17, 15) is 9.90 Å². The van der Waals surface area contributed by atoms with Crippen molar-refractivity contribution in [2.45, 2.75) is 6.42 Å². The van der Waals surface area contributed by atoms with Crippen molar-refractivity contribution in [2.24, 2.45) is 0 Å². The first-order chi connectivity index (χ1) is 10.8. The lowest BCUT2D eigenvalue weighted by Crippen LogP contribution is -2.22. The molecule has 0 saturated heterocycles. The van der Waals surface area contributed by atoms with E-state index in [2.05, 4.69) is 37.2 Å². The van der Waals surface area contributed by atoms with Gasteiger partial charge in [0.2, 0.25) is 0 Å². The highest BCUT2D eigenvalue weighted by atomic mass is 79.9. The van der Waals surface area contributed by atoms with Crippen LogP contribution in [0.15, 0.2) is 38.8 Å². The smallest absolute Gasteiger partial charge is 0.251 e. The molecule has 0 unspecified atom stereocenters. The van der Waals surface area contributed by atoms with Gasteiger partial charge in [-0.1, -0.05) is 23.2 Å². The average molecular weight is 478 g/mol. The standard InChI is InChI=1S/C16H9Br2Cl2NO2/c17-10-2-7(3-11(18)15(10)22)1-9-4-8-5-12(19)13(20)6-14(8)21-16(9)23/h1-3,5-6,22H,4H2,(H,21,23)/b9-1+.